The molecule has 4 nitrogen and oxygen atoms in total. The van der Waals surface area contributed by atoms with Crippen molar-refractivity contribution in [3.8, 4) is 39.7 Å². The smallest absolute Gasteiger partial charge is 0.218 e. The van der Waals surface area contributed by atoms with Crippen LogP contribution in [-0.2, 0) is 0 Å². The maximum atomic E-state index is 9.69. The second-order valence-electron chi connectivity index (χ2n) is 11.9. The third-order valence-corrected chi connectivity index (χ3v) is 9.40. The van der Waals surface area contributed by atoms with Crippen molar-refractivity contribution < 1.29 is 0 Å². The van der Waals surface area contributed by atoms with Gasteiger partial charge in [-0.1, -0.05) is 115 Å². The molecule has 7 aromatic carbocycles. The zero-order chi connectivity index (χ0) is 32.2. The first kappa shape index (κ1) is 27.4. The number of fused-ring (bicyclic) bond motifs is 6. The Labute approximate surface area is 277 Å². The average molecular weight is 611 g/mol. The fourth-order valence-corrected chi connectivity index (χ4v) is 7.29. The molecule has 0 fully saturated rings. The van der Waals surface area contributed by atoms with E-state index in [1.165, 1.54) is 21.8 Å². The van der Waals surface area contributed by atoms with Crippen molar-refractivity contribution in [2.24, 2.45) is 0 Å². The monoisotopic (exact) mass is 610 g/mol. The van der Waals surface area contributed by atoms with Crippen LogP contribution < -0.4 is 0 Å². The summed E-state index contributed by atoms with van der Waals surface area (Å²) in [6.07, 6.45) is 0. The van der Waals surface area contributed by atoms with E-state index >= 15 is 0 Å². The molecule has 4 heteroatoms. The minimum Gasteiger partial charge on any atom is -0.319 e. The van der Waals surface area contributed by atoms with Gasteiger partial charge in [0, 0.05) is 27.1 Å². The zero-order valence-electron chi connectivity index (χ0n) is 25.8. The van der Waals surface area contributed by atoms with Crippen molar-refractivity contribution in [3.63, 3.8) is 0 Å². The summed E-state index contributed by atoms with van der Waals surface area (Å²) in [6, 6.07) is 56.5. The lowest BCUT2D eigenvalue weighted by atomic mass is 9.97. The molecule has 0 radical (unpaired) electrons. The van der Waals surface area contributed by atoms with Gasteiger partial charge in [-0.2, -0.15) is 5.26 Å². The van der Waals surface area contributed by atoms with E-state index in [9.17, 15) is 5.26 Å². The summed E-state index contributed by atoms with van der Waals surface area (Å²) in [6.45, 7) is 8.35. The number of rotatable bonds is 4. The molecule has 0 bridgehead atoms. The first-order chi connectivity index (χ1) is 23.7. The number of aromatic nitrogens is 2. The van der Waals surface area contributed by atoms with Crippen LogP contribution in [0.5, 0.6) is 0 Å². The van der Waals surface area contributed by atoms with Crippen LogP contribution in [0.2, 0.25) is 0 Å². The molecule has 0 aliphatic heterocycles. The van der Waals surface area contributed by atoms with Crippen LogP contribution in [0, 0.1) is 17.9 Å². The van der Waals surface area contributed by atoms with Crippen LogP contribution in [0.1, 0.15) is 5.56 Å². The Kier molecular flexibility index (Phi) is 6.22. The first-order valence-corrected chi connectivity index (χ1v) is 15.9. The van der Waals surface area contributed by atoms with Crippen LogP contribution >= 0.6 is 0 Å². The van der Waals surface area contributed by atoms with Crippen molar-refractivity contribution in [3.05, 3.63) is 175 Å². The van der Waals surface area contributed by atoms with Gasteiger partial charge in [0.15, 0.2) is 0 Å². The van der Waals surface area contributed by atoms with Gasteiger partial charge in [0.1, 0.15) is 0 Å². The summed E-state index contributed by atoms with van der Waals surface area (Å²) < 4.78 is 4.48. The molecule has 9 aromatic rings. The summed E-state index contributed by atoms with van der Waals surface area (Å²) >= 11 is 0. The number of nitrogens with zero attached hydrogens (tertiary/aromatic N) is 4. The van der Waals surface area contributed by atoms with Gasteiger partial charge in [-0.05, 0) is 59.2 Å². The van der Waals surface area contributed by atoms with Crippen LogP contribution in [-0.4, -0.2) is 9.13 Å². The quantitative estimate of drug-likeness (QED) is 0.183. The predicted octanol–water partition coefficient (Wildman–Crippen LogP) is 11.6. The molecule has 2 aromatic heterocycles. The Morgan fingerprint density at radius 2 is 0.938 bits per heavy atom. The van der Waals surface area contributed by atoms with Gasteiger partial charge in [0.05, 0.1) is 51.6 Å². The molecule has 0 aliphatic carbocycles. The van der Waals surface area contributed by atoms with Crippen molar-refractivity contribution in [2.75, 3.05) is 0 Å². The van der Waals surface area contributed by atoms with E-state index in [4.69, 9.17) is 6.57 Å². The highest BCUT2D eigenvalue weighted by molar-refractivity contribution is 6.11. The van der Waals surface area contributed by atoms with Crippen molar-refractivity contribution >= 4 is 49.3 Å². The summed E-state index contributed by atoms with van der Waals surface area (Å²) in [5.74, 6) is 0. The molecule has 0 saturated heterocycles. The maximum Gasteiger partial charge on any atom is 0.218 e. The molecular weight excluding hydrogens is 585 g/mol. The first-order valence-electron chi connectivity index (χ1n) is 15.9. The largest absolute Gasteiger partial charge is 0.319 e. The minimum atomic E-state index is 0.570. The minimum absolute atomic E-state index is 0.570. The number of nitriles is 1. The lowest BCUT2D eigenvalue weighted by Crippen LogP contribution is -1.97. The normalized spacial score (nSPS) is 11.3. The van der Waals surface area contributed by atoms with E-state index in [1.54, 1.807) is 0 Å². The SMILES string of the molecule is [C-]#[N+]c1c(-c2ccc(-c3ccccc3-n3c4ccccc4c4ccccc43)cc2)cccc1-n1c2ccccc2c2ccc(C#N)cc21. The second-order valence-corrected chi connectivity index (χ2v) is 11.9. The molecule has 9 rings (SSSR count). The van der Waals surface area contributed by atoms with Crippen LogP contribution in [0.25, 0.3) is 82.1 Å². The fraction of sp³-hybridized carbons (Fsp3) is 0. The van der Waals surface area contributed by atoms with Crippen molar-refractivity contribution in [1.82, 2.24) is 9.13 Å². The molecule has 2 heterocycles. The van der Waals surface area contributed by atoms with Gasteiger partial charge in [0.2, 0.25) is 5.69 Å². The van der Waals surface area contributed by atoms with E-state index in [1.807, 2.05) is 48.5 Å². The standard InChI is InChI=1S/C44H26N4/c1-46-44-33(15-10-20-42(44)48-41-19-9-5-14-36(41)37-26-21-29(28-45)27-43(37)48)31-24-22-30(23-25-31)32-11-2-6-16-38(32)47-39-17-7-3-12-34(39)35-13-4-8-18-40(35)47/h2-27H. The molecule has 0 saturated carbocycles. The van der Waals surface area contributed by atoms with E-state index in [0.29, 0.717) is 11.3 Å². The summed E-state index contributed by atoms with van der Waals surface area (Å²) in [5, 5.41) is 14.3. The Morgan fingerprint density at radius 1 is 0.458 bits per heavy atom. The Morgan fingerprint density at radius 3 is 1.54 bits per heavy atom. The van der Waals surface area contributed by atoms with Gasteiger partial charge in [-0.3, -0.25) is 0 Å². The highest BCUT2D eigenvalue weighted by Gasteiger charge is 2.19. The molecular formula is C44H26N4. The van der Waals surface area contributed by atoms with Gasteiger partial charge < -0.3 is 9.13 Å². The third kappa shape index (κ3) is 4.07. The Balaban J connectivity index is 1.19. The van der Waals surface area contributed by atoms with Crippen LogP contribution in [0.4, 0.5) is 5.69 Å². The highest BCUT2D eigenvalue weighted by atomic mass is 15.0. The van der Waals surface area contributed by atoms with Gasteiger partial charge in [0.25, 0.3) is 0 Å². The molecule has 222 valence electrons. The van der Waals surface area contributed by atoms with Gasteiger partial charge in [-0.15, -0.1) is 0 Å². The molecule has 48 heavy (non-hydrogen) atoms. The lowest BCUT2D eigenvalue weighted by molar-refractivity contribution is 1.18. The number of hydrogen-bond acceptors (Lipinski definition) is 1. The van der Waals surface area contributed by atoms with E-state index in [-0.39, 0.29) is 0 Å². The summed E-state index contributed by atoms with van der Waals surface area (Å²) in [5.41, 5.74) is 11.4. The van der Waals surface area contributed by atoms with Gasteiger partial charge in [-0.25, -0.2) is 4.85 Å². The molecule has 0 unspecified atom stereocenters. The van der Waals surface area contributed by atoms with E-state index in [2.05, 4.69) is 129 Å². The summed E-state index contributed by atoms with van der Waals surface area (Å²) in [7, 11) is 0. The molecule has 0 amide bonds. The zero-order valence-corrected chi connectivity index (χ0v) is 25.8. The number of hydrogen-bond donors (Lipinski definition) is 0. The van der Waals surface area contributed by atoms with Crippen molar-refractivity contribution in [1.29, 1.82) is 5.26 Å². The number of benzene rings is 7. The maximum absolute atomic E-state index is 9.69. The predicted molar refractivity (Wildman–Crippen MR) is 197 cm³/mol. The average Bonchev–Trinajstić information content (AvgIpc) is 3.67. The van der Waals surface area contributed by atoms with E-state index in [0.717, 1.165) is 55.4 Å². The molecule has 0 aliphatic rings. The molecule has 0 atom stereocenters. The molecule has 0 N–H and O–H groups in total. The van der Waals surface area contributed by atoms with Crippen molar-refractivity contribution in [2.45, 2.75) is 0 Å². The second kappa shape index (κ2) is 10.9. The highest BCUT2D eigenvalue weighted by Crippen LogP contribution is 2.42. The summed E-state index contributed by atoms with van der Waals surface area (Å²) in [4.78, 5) is 4.11. The fourth-order valence-electron chi connectivity index (χ4n) is 7.29. The Hall–Kier alpha value is -6.88. The molecule has 0 spiro atoms. The topological polar surface area (TPSA) is 38.0 Å². The number of para-hydroxylation sites is 5. The third-order valence-electron chi connectivity index (χ3n) is 9.40. The van der Waals surface area contributed by atoms with Crippen LogP contribution in [0.15, 0.2) is 158 Å². The lowest BCUT2D eigenvalue weighted by Gasteiger charge is -2.16. The Bertz CT molecular complexity index is 2750. The van der Waals surface area contributed by atoms with Gasteiger partial charge >= 0.3 is 0 Å². The van der Waals surface area contributed by atoms with E-state index < -0.39 is 0 Å². The van der Waals surface area contributed by atoms with Crippen LogP contribution in [0.3, 0.4) is 0 Å².